The monoisotopic (exact) mass is 389 g/mol. The van der Waals surface area contributed by atoms with Crippen molar-refractivity contribution in [1.82, 2.24) is 4.90 Å². The first kappa shape index (κ1) is 19.4. The van der Waals surface area contributed by atoms with Gasteiger partial charge in [0, 0.05) is 28.7 Å². The van der Waals surface area contributed by atoms with Crippen LogP contribution in [0.3, 0.4) is 0 Å². The lowest BCUT2D eigenvalue weighted by Crippen LogP contribution is -2.42. The van der Waals surface area contributed by atoms with E-state index >= 15 is 0 Å². The number of thioether (sulfide) groups is 1. The Labute approximate surface area is 155 Å². The van der Waals surface area contributed by atoms with Crippen LogP contribution in [0.25, 0.3) is 0 Å². The number of likely N-dealkylation sites (tertiary alicyclic amines) is 1. The maximum Gasteiger partial charge on any atom is 0.410 e. The largest absolute Gasteiger partial charge is 0.444 e. The number of nitrogens with zero attached hydrogens (tertiary/aromatic N) is 1. The van der Waals surface area contributed by atoms with Gasteiger partial charge in [0.1, 0.15) is 11.4 Å². The van der Waals surface area contributed by atoms with Crippen LogP contribution in [-0.4, -0.2) is 46.3 Å². The number of rotatable bonds is 4. The summed E-state index contributed by atoms with van der Waals surface area (Å²) in [4.78, 5) is 14.1. The van der Waals surface area contributed by atoms with E-state index in [4.69, 9.17) is 9.47 Å². The Morgan fingerprint density at radius 1 is 1.27 bits per heavy atom. The van der Waals surface area contributed by atoms with E-state index < -0.39 is 29.1 Å². The zero-order valence-electron chi connectivity index (χ0n) is 15.0. The summed E-state index contributed by atoms with van der Waals surface area (Å²) in [6.45, 7) is 6.00. The van der Waals surface area contributed by atoms with Crippen LogP contribution in [0.5, 0.6) is 0 Å². The summed E-state index contributed by atoms with van der Waals surface area (Å²) in [7, 11) is 0. The highest BCUT2D eigenvalue weighted by molar-refractivity contribution is 8.07. The molecule has 0 N–H and O–H groups in total. The maximum absolute atomic E-state index is 13.7. The second kappa shape index (κ2) is 6.96. The molecular weight excluding hydrogens is 367 g/mol. The van der Waals surface area contributed by atoms with Crippen molar-refractivity contribution in [3.05, 3.63) is 35.1 Å². The summed E-state index contributed by atoms with van der Waals surface area (Å²) in [5, 5.41) is 0. The molecule has 1 aromatic rings. The van der Waals surface area contributed by atoms with Gasteiger partial charge in [0.2, 0.25) is 0 Å². The van der Waals surface area contributed by atoms with Crippen LogP contribution in [0.15, 0.2) is 12.1 Å². The van der Waals surface area contributed by atoms with Crippen LogP contribution < -0.4 is 0 Å². The summed E-state index contributed by atoms with van der Waals surface area (Å²) in [5.74, 6) is -2.21. The van der Waals surface area contributed by atoms with Gasteiger partial charge in [0.15, 0.2) is 11.6 Å². The standard InChI is InChI=1S/C18H22F3NO3S/c1-17(2,3)25-16(23)22-9-18(10-26-18)6-12(22)8-24-7-11-4-14(20)15(21)5-13(11)19/h4-5,12H,6-10H2,1-3H3/t12-,18-/m0/s1. The summed E-state index contributed by atoms with van der Waals surface area (Å²) in [6.07, 6.45) is 0.381. The first-order chi connectivity index (χ1) is 12.1. The van der Waals surface area contributed by atoms with Gasteiger partial charge < -0.3 is 14.4 Å². The number of benzene rings is 1. The zero-order valence-corrected chi connectivity index (χ0v) is 15.8. The predicted octanol–water partition coefficient (Wildman–Crippen LogP) is 4.12. The van der Waals surface area contributed by atoms with Crippen molar-refractivity contribution in [2.45, 2.75) is 50.2 Å². The van der Waals surface area contributed by atoms with Crippen molar-refractivity contribution < 1.29 is 27.4 Å². The first-order valence-electron chi connectivity index (χ1n) is 8.43. The fourth-order valence-corrected chi connectivity index (χ4v) is 3.97. The summed E-state index contributed by atoms with van der Waals surface area (Å²) in [6, 6.07) is 1.11. The van der Waals surface area contributed by atoms with Crippen LogP contribution in [0.1, 0.15) is 32.8 Å². The van der Waals surface area contributed by atoms with Crippen molar-refractivity contribution in [3.63, 3.8) is 0 Å². The summed E-state index contributed by atoms with van der Waals surface area (Å²) in [5.41, 5.74) is -0.648. The Morgan fingerprint density at radius 3 is 2.54 bits per heavy atom. The number of carbonyl (C=O) groups excluding carboxylic acids is 1. The maximum atomic E-state index is 13.7. The second-order valence-corrected chi connectivity index (χ2v) is 9.25. The molecule has 2 saturated heterocycles. The van der Waals surface area contributed by atoms with Gasteiger partial charge in [-0.2, -0.15) is 11.8 Å². The van der Waals surface area contributed by atoms with Crippen molar-refractivity contribution in [1.29, 1.82) is 0 Å². The second-order valence-electron chi connectivity index (χ2n) is 7.81. The lowest BCUT2D eigenvalue weighted by atomic mass is 10.1. The molecule has 0 radical (unpaired) electrons. The van der Waals surface area contributed by atoms with E-state index in [0.717, 1.165) is 18.2 Å². The molecule has 2 fully saturated rings. The third kappa shape index (κ3) is 4.46. The van der Waals surface area contributed by atoms with E-state index in [1.165, 1.54) is 0 Å². The number of amides is 1. The van der Waals surface area contributed by atoms with Crippen molar-refractivity contribution in [3.8, 4) is 0 Å². The van der Waals surface area contributed by atoms with Crippen LogP contribution >= 0.6 is 11.8 Å². The third-order valence-electron chi connectivity index (χ3n) is 4.34. The van der Waals surface area contributed by atoms with Crippen molar-refractivity contribution in [2.75, 3.05) is 18.9 Å². The minimum absolute atomic E-state index is 0.0544. The molecule has 0 aliphatic carbocycles. The molecule has 0 bridgehead atoms. The van der Waals surface area contributed by atoms with Gasteiger partial charge in [0.05, 0.1) is 19.3 Å². The quantitative estimate of drug-likeness (QED) is 0.574. The molecule has 2 heterocycles. The molecule has 1 aromatic carbocycles. The molecule has 3 rings (SSSR count). The van der Waals surface area contributed by atoms with Crippen LogP contribution in [-0.2, 0) is 16.1 Å². The molecular formula is C18H22F3NO3S. The number of hydrogen-bond acceptors (Lipinski definition) is 4. The number of halogens is 3. The Morgan fingerprint density at radius 2 is 1.92 bits per heavy atom. The smallest absolute Gasteiger partial charge is 0.410 e. The Kier molecular flexibility index (Phi) is 5.18. The molecule has 2 aliphatic rings. The SMILES string of the molecule is CC(C)(C)OC(=O)N1C[C@]2(CS2)C[C@H]1COCc1cc(F)c(F)cc1F. The Balaban J connectivity index is 1.60. The first-order valence-corrected chi connectivity index (χ1v) is 9.42. The fraction of sp³-hybridized carbons (Fsp3) is 0.611. The highest BCUT2D eigenvalue weighted by Crippen LogP contribution is 2.53. The Hall–Kier alpha value is -1.41. The van der Waals surface area contributed by atoms with E-state index in [-0.39, 0.29) is 29.6 Å². The lowest BCUT2D eigenvalue weighted by Gasteiger charge is -2.28. The van der Waals surface area contributed by atoms with E-state index in [0.29, 0.717) is 12.6 Å². The van der Waals surface area contributed by atoms with Gasteiger partial charge in [-0.25, -0.2) is 18.0 Å². The average Bonchev–Trinajstić information content (AvgIpc) is 3.15. The molecule has 2 atom stereocenters. The third-order valence-corrected chi connectivity index (χ3v) is 5.75. The van der Waals surface area contributed by atoms with E-state index in [1.807, 2.05) is 0 Å². The molecule has 4 nitrogen and oxygen atoms in total. The van der Waals surface area contributed by atoms with Crippen molar-refractivity contribution in [2.24, 2.45) is 0 Å². The number of ether oxygens (including phenoxy) is 2. The van der Waals surface area contributed by atoms with E-state index in [9.17, 15) is 18.0 Å². The predicted molar refractivity (Wildman–Crippen MR) is 92.5 cm³/mol. The van der Waals surface area contributed by atoms with Gasteiger partial charge in [-0.15, -0.1) is 0 Å². The van der Waals surface area contributed by atoms with Crippen LogP contribution in [0.2, 0.25) is 0 Å². The minimum Gasteiger partial charge on any atom is -0.444 e. The highest BCUT2D eigenvalue weighted by atomic mass is 32.2. The minimum atomic E-state index is -1.23. The van der Waals surface area contributed by atoms with E-state index in [1.54, 1.807) is 37.4 Å². The van der Waals surface area contributed by atoms with Gasteiger partial charge in [-0.1, -0.05) is 0 Å². The molecule has 1 amide bonds. The normalized spacial score (nSPS) is 25.0. The van der Waals surface area contributed by atoms with Gasteiger partial charge >= 0.3 is 6.09 Å². The van der Waals surface area contributed by atoms with Crippen LogP contribution in [0, 0.1) is 17.5 Å². The fourth-order valence-electron chi connectivity index (χ4n) is 3.02. The zero-order chi connectivity index (χ0) is 19.1. The molecule has 0 aromatic heterocycles. The summed E-state index contributed by atoms with van der Waals surface area (Å²) >= 11 is 1.80. The highest BCUT2D eigenvalue weighted by Gasteiger charge is 2.55. The molecule has 144 valence electrons. The van der Waals surface area contributed by atoms with Crippen LogP contribution in [0.4, 0.5) is 18.0 Å². The average molecular weight is 389 g/mol. The lowest BCUT2D eigenvalue weighted by molar-refractivity contribution is 0.00850. The van der Waals surface area contributed by atoms with Gasteiger partial charge in [-0.05, 0) is 33.3 Å². The molecule has 26 heavy (non-hydrogen) atoms. The molecule has 1 spiro atoms. The van der Waals surface area contributed by atoms with Gasteiger partial charge in [-0.3, -0.25) is 0 Å². The van der Waals surface area contributed by atoms with Crippen molar-refractivity contribution >= 4 is 17.9 Å². The van der Waals surface area contributed by atoms with Gasteiger partial charge in [0.25, 0.3) is 0 Å². The topological polar surface area (TPSA) is 38.8 Å². The number of carbonyl (C=O) groups is 1. The molecule has 0 saturated carbocycles. The number of hydrogen-bond donors (Lipinski definition) is 0. The Bertz CT molecular complexity index is 704. The molecule has 2 aliphatic heterocycles. The molecule has 8 heteroatoms. The summed E-state index contributed by atoms with van der Waals surface area (Å²) < 4.78 is 51.0. The van der Waals surface area contributed by atoms with E-state index in [2.05, 4.69) is 0 Å². The molecule has 0 unspecified atom stereocenters.